The number of fused-ring (bicyclic) bond motifs is 1. The van der Waals surface area contributed by atoms with Gasteiger partial charge in [-0.15, -0.1) is 0 Å². The summed E-state index contributed by atoms with van der Waals surface area (Å²) in [5.74, 6) is -0.104. The van der Waals surface area contributed by atoms with Gasteiger partial charge in [0, 0.05) is 30.9 Å². The molecule has 0 spiro atoms. The van der Waals surface area contributed by atoms with Crippen LogP contribution < -0.4 is 4.90 Å². The molecule has 2 aliphatic rings. The van der Waals surface area contributed by atoms with E-state index in [0.717, 1.165) is 29.7 Å². The van der Waals surface area contributed by atoms with E-state index in [1.54, 1.807) is 4.90 Å². The Kier molecular flexibility index (Phi) is 5.26. The molecule has 1 saturated heterocycles. The van der Waals surface area contributed by atoms with Crippen LogP contribution >= 0.6 is 0 Å². The van der Waals surface area contributed by atoms with Gasteiger partial charge in [-0.1, -0.05) is 43.0 Å². The van der Waals surface area contributed by atoms with Gasteiger partial charge in [-0.05, 0) is 42.2 Å². The Morgan fingerprint density at radius 2 is 1.89 bits per heavy atom. The maximum atomic E-state index is 13.0. The van der Waals surface area contributed by atoms with Gasteiger partial charge in [0.1, 0.15) is 0 Å². The summed E-state index contributed by atoms with van der Waals surface area (Å²) in [5.41, 5.74) is 3.62. The summed E-state index contributed by atoms with van der Waals surface area (Å²) in [6, 6.07) is 15.7. The molecule has 4 rings (SSSR count). The van der Waals surface area contributed by atoms with Crippen LogP contribution in [0.25, 0.3) is 0 Å². The van der Waals surface area contributed by atoms with E-state index >= 15 is 0 Å². The first-order chi connectivity index (χ1) is 13.7. The monoisotopic (exact) mass is 376 g/mol. The predicted octanol–water partition coefficient (Wildman–Crippen LogP) is 3.19. The lowest BCUT2D eigenvalue weighted by Gasteiger charge is -2.40. The smallest absolute Gasteiger partial charge is 0.254 e. The van der Waals surface area contributed by atoms with Gasteiger partial charge in [-0.2, -0.15) is 0 Å². The summed E-state index contributed by atoms with van der Waals surface area (Å²) in [6.07, 6.45) is 3.05. The van der Waals surface area contributed by atoms with Crippen LogP contribution in [0.1, 0.15) is 27.9 Å². The molecule has 0 saturated carbocycles. The minimum atomic E-state index is -0.121. The van der Waals surface area contributed by atoms with Crippen LogP contribution in [-0.4, -0.2) is 42.5 Å². The van der Waals surface area contributed by atoms with Gasteiger partial charge in [0.25, 0.3) is 5.91 Å². The molecule has 0 atom stereocenters. The van der Waals surface area contributed by atoms with Crippen molar-refractivity contribution in [3.05, 3.63) is 77.9 Å². The van der Waals surface area contributed by atoms with Crippen molar-refractivity contribution >= 4 is 17.5 Å². The van der Waals surface area contributed by atoms with Gasteiger partial charge in [-0.3, -0.25) is 9.59 Å². The lowest BCUT2D eigenvalue weighted by atomic mass is 9.94. The fraction of sp³-hybridized carbons (Fsp3) is 0.304. The van der Waals surface area contributed by atoms with Crippen LogP contribution in [-0.2, 0) is 22.6 Å². The topological polar surface area (TPSA) is 49.9 Å². The molecule has 5 heteroatoms. The first-order valence-electron chi connectivity index (χ1n) is 9.68. The Labute approximate surface area is 165 Å². The number of rotatable bonds is 5. The zero-order valence-corrected chi connectivity index (χ0v) is 15.8. The van der Waals surface area contributed by atoms with Crippen LogP contribution in [0, 0.1) is 0 Å². The van der Waals surface area contributed by atoms with Gasteiger partial charge in [0.05, 0.1) is 12.7 Å². The third-order valence-electron chi connectivity index (χ3n) is 5.39. The highest BCUT2D eigenvalue weighted by atomic mass is 16.5. The second kappa shape index (κ2) is 7.98. The standard InChI is InChI=1S/C23H24N2O3/c1-2-22(26)25-13-7-11-19-20(10-6-12-21(19)25)23(27)24-14-18(15-24)28-16-17-8-4-3-5-9-17/h2-6,8-10,12,18H,1,7,11,13-16H2. The average Bonchev–Trinajstić information content (AvgIpc) is 2.71. The van der Waals surface area contributed by atoms with Crippen molar-refractivity contribution in [1.82, 2.24) is 4.90 Å². The summed E-state index contributed by atoms with van der Waals surface area (Å²) < 4.78 is 5.90. The highest BCUT2D eigenvalue weighted by Gasteiger charge is 2.34. The molecule has 0 N–H and O–H groups in total. The molecule has 28 heavy (non-hydrogen) atoms. The highest BCUT2D eigenvalue weighted by molar-refractivity contribution is 6.04. The molecule has 2 aromatic carbocycles. The maximum Gasteiger partial charge on any atom is 0.254 e. The SMILES string of the molecule is C=CC(=O)N1CCCc2c(C(=O)N3CC(OCc4ccccc4)C3)cccc21. The molecule has 2 aromatic rings. The molecule has 0 bridgehead atoms. The average molecular weight is 376 g/mol. The lowest BCUT2D eigenvalue weighted by Crippen LogP contribution is -2.54. The van der Waals surface area contributed by atoms with Crippen LogP contribution in [0.2, 0.25) is 0 Å². The summed E-state index contributed by atoms with van der Waals surface area (Å²) in [7, 11) is 0. The summed E-state index contributed by atoms with van der Waals surface area (Å²) >= 11 is 0. The van der Waals surface area contributed by atoms with Crippen LogP contribution in [0.5, 0.6) is 0 Å². The molecule has 0 aliphatic carbocycles. The van der Waals surface area contributed by atoms with Crippen molar-refractivity contribution in [1.29, 1.82) is 0 Å². The first-order valence-corrected chi connectivity index (χ1v) is 9.68. The molecule has 5 nitrogen and oxygen atoms in total. The fourth-order valence-electron chi connectivity index (χ4n) is 3.83. The number of hydrogen-bond donors (Lipinski definition) is 0. The number of nitrogens with zero attached hydrogens (tertiary/aromatic N) is 2. The van der Waals surface area contributed by atoms with Crippen LogP contribution in [0.15, 0.2) is 61.2 Å². The van der Waals surface area contributed by atoms with Crippen molar-refractivity contribution in [2.45, 2.75) is 25.6 Å². The minimum Gasteiger partial charge on any atom is -0.370 e. The van der Waals surface area contributed by atoms with Crippen LogP contribution in [0.3, 0.4) is 0 Å². The molecule has 1 fully saturated rings. The molecule has 2 heterocycles. The normalized spacial score (nSPS) is 16.3. The zero-order valence-electron chi connectivity index (χ0n) is 15.8. The van der Waals surface area contributed by atoms with E-state index in [4.69, 9.17) is 4.74 Å². The van der Waals surface area contributed by atoms with Crippen molar-refractivity contribution in [3.8, 4) is 0 Å². The Hall–Kier alpha value is -2.92. The van der Waals surface area contributed by atoms with Crippen molar-refractivity contribution in [2.24, 2.45) is 0 Å². The van der Waals surface area contributed by atoms with Crippen molar-refractivity contribution in [3.63, 3.8) is 0 Å². The fourth-order valence-corrected chi connectivity index (χ4v) is 3.83. The van der Waals surface area contributed by atoms with E-state index in [-0.39, 0.29) is 17.9 Å². The number of benzene rings is 2. The third kappa shape index (κ3) is 3.58. The molecule has 144 valence electrons. The molecular weight excluding hydrogens is 352 g/mol. The Bertz CT molecular complexity index is 888. The zero-order chi connectivity index (χ0) is 19.5. The van der Waals surface area contributed by atoms with E-state index in [9.17, 15) is 9.59 Å². The predicted molar refractivity (Wildman–Crippen MR) is 108 cm³/mol. The number of hydrogen-bond acceptors (Lipinski definition) is 3. The number of anilines is 1. The van der Waals surface area contributed by atoms with E-state index in [0.29, 0.717) is 31.8 Å². The molecule has 2 aliphatic heterocycles. The van der Waals surface area contributed by atoms with Gasteiger partial charge >= 0.3 is 0 Å². The minimum absolute atomic E-state index is 0.0179. The maximum absolute atomic E-state index is 13.0. The van der Waals surface area contributed by atoms with E-state index in [1.807, 2.05) is 53.4 Å². The summed E-state index contributed by atoms with van der Waals surface area (Å²) in [4.78, 5) is 28.7. The number of ether oxygens (including phenoxy) is 1. The molecule has 0 unspecified atom stereocenters. The van der Waals surface area contributed by atoms with Gasteiger partial charge in [0.2, 0.25) is 5.91 Å². The van der Waals surface area contributed by atoms with E-state index in [1.165, 1.54) is 6.08 Å². The quantitative estimate of drug-likeness (QED) is 0.753. The Morgan fingerprint density at radius 1 is 1.11 bits per heavy atom. The first kappa shape index (κ1) is 18.4. The second-order valence-corrected chi connectivity index (χ2v) is 7.23. The summed E-state index contributed by atoms with van der Waals surface area (Å²) in [5, 5.41) is 0. The second-order valence-electron chi connectivity index (χ2n) is 7.23. The Morgan fingerprint density at radius 3 is 2.64 bits per heavy atom. The number of amides is 2. The number of carbonyl (C=O) groups is 2. The molecular formula is C23H24N2O3. The van der Waals surface area contributed by atoms with Gasteiger partial charge < -0.3 is 14.5 Å². The summed E-state index contributed by atoms with van der Waals surface area (Å²) in [6.45, 7) is 6.01. The highest BCUT2D eigenvalue weighted by Crippen LogP contribution is 2.31. The van der Waals surface area contributed by atoms with Crippen molar-refractivity contribution in [2.75, 3.05) is 24.5 Å². The molecule has 0 radical (unpaired) electrons. The lowest BCUT2D eigenvalue weighted by molar-refractivity contribution is -0.114. The number of carbonyl (C=O) groups excluding carboxylic acids is 2. The largest absolute Gasteiger partial charge is 0.370 e. The number of likely N-dealkylation sites (tertiary alicyclic amines) is 1. The molecule has 0 aromatic heterocycles. The van der Waals surface area contributed by atoms with Crippen molar-refractivity contribution < 1.29 is 14.3 Å². The van der Waals surface area contributed by atoms with Crippen LogP contribution in [0.4, 0.5) is 5.69 Å². The van der Waals surface area contributed by atoms with Gasteiger partial charge in [0.15, 0.2) is 0 Å². The van der Waals surface area contributed by atoms with E-state index < -0.39 is 0 Å². The van der Waals surface area contributed by atoms with E-state index in [2.05, 4.69) is 6.58 Å². The van der Waals surface area contributed by atoms with Gasteiger partial charge in [-0.25, -0.2) is 0 Å². The third-order valence-corrected chi connectivity index (χ3v) is 5.39. The Balaban J connectivity index is 1.41. The molecule has 2 amide bonds.